The smallest absolute Gasteiger partial charge is 0.450 e. The fourth-order valence-corrected chi connectivity index (χ4v) is 1.06. The topological polar surface area (TPSA) is 124 Å². The van der Waals surface area contributed by atoms with Gasteiger partial charge in [0.1, 0.15) is 5.60 Å². The molecule has 20 heavy (non-hydrogen) atoms. The molecule has 10 heteroatoms. The predicted octanol–water partition coefficient (Wildman–Crippen LogP) is 0.0724. The Labute approximate surface area is 122 Å². The third-order valence-corrected chi connectivity index (χ3v) is 1.86. The summed E-state index contributed by atoms with van der Waals surface area (Å²) >= 11 is 4.19. The van der Waals surface area contributed by atoms with Crippen molar-refractivity contribution in [3.63, 3.8) is 0 Å². The molecule has 5 N–H and O–H groups in total. The molecular formula is C10H21N5O4S. The Morgan fingerprint density at radius 1 is 1.55 bits per heavy atom. The van der Waals surface area contributed by atoms with Crippen molar-refractivity contribution in [3.8, 4) is 0 Å². The zero-order chi connectivity index (χ0) is 15.9. The van der Waals surface area contributed by atoms with Crippen molar-refractivity contribution in [1.82, 2.24) is 15.7 Å². The summed E-state index contributed by atoms with van der Waals surface area (Å²) in [6.07, 6.45) is -0.334. The van der Waals surface area contributed by atoms with Crippen molar-refractivity contribution in [2.24, 2.45) is 10.8 Å². The molecule has 0 aromatic carbocycles. The highest BCUT2D eigenvalue weighted by Gasteiger charge is 2.28. The van der Waals surface area contributed by atoms with E-state index in [0.29, 0.717) is 0 Å². The number of hydrazine groups is 2. The number of amides is 1. The normalized spacial score (nSPS) is 13.9. The van der Waals surface area contributed by atoms with E-state index in [1.165, 1.54) is 5.12 Å². The quantitative estimate of drug-likeness (QED) is 0.529. The first-order valence-electron chi connectivity index (χ1n) is 5.77. The molecule has 0 bridgehead atoms. The number of hydrogen-bond acceptors (Lipinski definition) is 8. The number of carbonyl (C=O) groups is 1. The van der Waals surface area contributed by atoms with Gasteiger partial charge in [-0.15, -0.1) is 10.2 Å². The number of thiocarbonyl (C=S) groups is 1. The Bertz CT molecular complexity index is 382. The number of nitrogens with two attached hydrogens (primary N) is 1. The lowest BCUT2D eigenvalue weighted by Crippen LogP contribution is -2.50. The van der Waals surface area contributed by atoms with E-state index in [1.54, 1.807) is 27.8 Å². The first-order chi connectivity index (χ1) is 9.06. The second kappa shape index (κ2) is 7.70. The molecule has 1 aliphatic rings. The monoisotopic (exact) mass is 307 g/mol. The van der Waals surface area contributed by atoms with E-state index in [1.807, 2.05) is 0 Å². The Kier molecular flexibility index (Phi) is 7.00. The van der Waals surface area contributed by atoms with Crippen LogP contribution in [0.4, 0.5) is 4.79 Å². The van der Waals surface area contributed by atoms with Crippen LogP contribution < -0.4 is 11.2 Å². The number of rotatable bonds is 2. The summed E-state index contributed by atoms with van der Waals surface area (Å²) in [7, 11) is 1.58. The van der Waals surface area contributed by atoms with Crippen molar-refractivity contribution < 1.29 is 19.7 Å². The molecule has 9 nitrogen and oxygen atoms in total. The average Bonchev–Trinajstić information content (AvgIpc) is 2.56. The van der Waals surface area contributed by atoms with Gasteiger partial charge in [-0.05, 0) is 33.0 Å². The van der Waals surface area contributed by atoms with Gasteiger partial charge in [0.05, 0.1) is 6.61 Å². The molecule has 0 spiro atoms. The van der Waals surface area contributed by atoms with Gasteiger partial charge >= 0.3 is 6.09 Å². The second-order valence-corrected chi connectivity index (χ2v) is 5.22. The van der Waals surface area contributed by atoms with E-state index < -0.39 is 11.7 Å². The molecule has 0 fully saturated rings. The van der Waals surface area contributed by atoms with E-state index >= 15 is 0 Å². The van der Waals surface area contributed by atoms with Crippen LogP contribution in [0.15, 0.2) is 5.10 Å². The maximum atomic E-state index is 11.5. The third kappa shape index (κ3) is 7.59. The van der Waals surface area contributed by atoms with Gasteiger partial charge < -0.3 is 20.7 Å². The number of carbonyl (C=O) groups excluding carboxylic acids is 1. The summed E-state index contributed by atoms with van der Waals surface area (Å²) in [5, 5.41) is 22.1. The molecule has 1 amide bonds. The van der Waals surface area contributed by atoms with Crippen LogP contribution in [-0.4, -0.2) is 56.8 Å². The van der Waals surface area contributed by atoms with Gasteiger partial charge in [0, 0.05) is 13.5 Å². The van der Waals surface area contributed by atoms with Crippen LogP contribution in [0.1, 0.15) is 27.2 Å². The molecule has 0 unspecified atom stereocenters. The minimum Gasteiger partial charge on any atom is -0.502 e. The molecule has 1 heterocycles. The fourth-order valence-electron chi connectivity index (χ4n) is 0.968. The Hall–Kier alpha value is -1.81. The van der Waals surface area contributed by atoms with E-state index in [9.17, 15) is 4.79 Å². The van der Waals surface area contributed by atoms with E-state index in [2.05, 4.69) is 22.7 Å². The lowest BCUT2D eigenvalue weighted by Gasteiger charge is -2.26. The Morgan fingerprint density at radius 2 is 2.10 bits per heavy atom. The van der Waals surface area contributed by atoms with Crippen LogP contribution >= 0.6 is 12.2 Å². The molecule has 0 atom stereocenters. The van der Waals surface area contributed by atoms with Gasteiger partial charge in [0.15, 0.2) is 5.05 Å². The van der Waals surface area contributed by atoms with Gasteiger partial charge in [-0.1, -0.05) is 0 Å². The largest absolute Gasteiger partial charge is 0.502 e. The summed E-state index contributed by atoms with van der Waals surface area (Å²) in [6, 6.07) is 0. The summed E-state index contributed by atoms with van der Waals surface area (Å²) in [5.74, 6) is 0.151. The summed E-state index contributed by atoms with van der Waals surface area (Å²) < 4.78 is 5.09. The first-order valence-corrected chi connectivity index (χ1v) is 6.17. The zero-order valence-corrected chi connectivity index (χ0v) is 12.8. The highest BCUT2D eigenvalue weighted by molar-refractivity contribution is 7.80. The van der Waals surface area contributed by atoms with Crippen LogP contribution in [0.25, 0.3) is 0 Å². The molecule has 0 saturated carbocycles. The Morgan fingerprint density at radius 3 is 2.35 bits per heavy atom. The van der Waals surface area contributed by atoms with Crippen molar-refractivity contribution in [2.45, 2.75) is 32.8 Å². The standard InChI is InChI=1S/C7H15N5O2.C3H6O2S/c1-7(2,3)14-6(13)12-10-5(8)9-11(12)4;4-2-1-3(5)6/h1-4H3,(H3,8,9,10);4H,1-2H2,(H,5,6). The number of nitrogens with one attached hydrogen (secondary N) is 1. The van der Waals surface area contributed by atoms with Gasteiger partial charge in [-0.3, -0.25) is 0 Å². The number of ether oxygens (including phenoxy) is 1. The highest BCUT2D eigenvalue weighted by atomic mass is 32.1. The Balaban J connectivity index is 0.000000511. The molecule has 0 aromatic heterocycles. The number of aliphatic hydroxyl groups excluding tert-OH is 2. The molecule has 0 aliphatic carbocycles. The van der Waals surface area contributed by atoms with Gasteiger partial charge in [0.2, 0.25) is 5.96 Å². The third-order valence-electron chi connectivity index (χ3n) is 1.65. The summed E-state index contributed by atoms with van der Waals surface area (Å²) in [4.78, 5) is 11.5. The fraction of sp³-hybridized carbons (Fsp3) is 0.700. The lowest BCUT2D eigenvalue weighted by molar-refractivity contribution is -0.0413. The van der Waals surface area contributed by atoms with Crippen molar-refractivity contribution in [1.29, 1.82) is 0 Å². The molecule has 0 saturated heterocycles. The van der Waals surface area contributed by atoms with E-state index in [-0.39, 0.29) is 24.0 Å². The van der Waals surface area contributed by atoms with Crippen molar-refractivity contribution in [3.05, 3.63) is 0 Å². The molecule has 0 radical (unpaired) electrons. The minimum absolute atomic E-state index is 0.0602. The summed E-state index contributed by atoms with van der Waals surface area (Å²) in [5.41, 5.74) is 7.36. The predicted molar refractivity (Wildman–Crippen MR) is 77.5 cm³/mol. The highest BCUT2D eigenvalue weighted by Crippen LogP contribution is 2.11. The number of aliphatic hydroxyl groups is 2. The maximum Gasteiger partial charge on any atom is 0.450 e. The van der Waals surface area contributed by atoms with Crippen molar-refractivity contribution in [2.75, 3.05) is 13.7 Å². The average molecular weight is 307 g/mol. The molecular weight excluding hydrogens is 286 g/mol. The maximum absolute atomic E-state index is 11.5. The van der Waals surface area contributed by atoms with Crippen LogP contribution in [0.3, 0.4) is 0 Å². The lowest BCUT2D eigenvalue weighted by atomic mass is 10.2. The molecule has 1 aliphatic heterocycles. The number of hydrazone groups is 1. The van der Waals surface area contributed by atoms with Crippen LogP contribution in [0, 0.1) is 0 Å². The first kappa shape index (κ1) is 18.2. The zero-order valence-electron chi connectivity index (χ0n) is 12.0. The van der Waals surface area contributed by atoms with Gasteiger partial charge in [-0.2, -0.15) is 5.12 Å². The number of nitrogens with zero attached hydrogens (tertiary/aromatic N) is 3. The van der Waals surface area contributed by atoms with Crippen molar-refractivity contribution >= 4 is 29.3 Å². The second-order valence-electron chi connectivity index (χ2n) is 4.75. The molecule has 116 valence electrons. The minimum atomic E-state index is -0.552. The van der Waals surface area contributed by atoms with E-state index in [0.717, 1.165) is 5.12 Å². The summed E-state index contributed by atoms with van der Waals surface area (Å²) in [6.45, 7) is 5.29. The van der Waals surface area contributed by atoms with E-state index in [4.69, 9.17) is 20.7 Å². The van der Waals surface area contributed by atoms with Crippen LogP contribution in [0.2, 0.25) is 0 Å². The number of hydrogen-bond donors (Lipinski definition) is 4. The van der Waals surface area contributed by atoms with Gasteiger partial charge in [0.25, 0.3) is 0 Å². The van der Waals surface area contributed by atoms with Crippen LogP contribution in [0.5, 0.6) is 0 Å². The number of guanidine groups is 1. The molecule has 1 rings (SSSR count). The van der Waals surface area contributed by atoms with Gasteiger partial charge in [-0.25, -0.2) is 10.2 Å². The SMILES string of the molecule is CN1N=C(N)NN1C(=O)OC(C)(C)C.OCCC(O)=S. The molecule has 0 aromatic rings. The van der Waals surface area contributed by atoms with Crippen LogP contribution in [-0.2, 0) is 4.74 Å².